The van der Waals surface area contributed by atoms with Gasteiger partial charge < -0.3 is 14.7 Å². The average Bonchev–Trinajstić information content (AvgIpc) is 2.65. The second kappa shape index (κ2) is 7.92. The van der Waals surface area contributed by atoms with Crippen molar-refractivity contribution < 1.29 is 14.8 Å². The molecule has 0 aliphatic carbocycles. The molecule has 7 nitrogen and oxygen atoms in total. The van der Waals surface area contributed by atoms with Crippen molar-refractivity contribution in [3.05, 3.63) is 56.5 Å². The van der Waals surface area contributed by atoms with E-state index in [1.807, 2.05) is 12.1 Å². The maximum Gasteiger partial charge on any atom is 0.269 e. The van der Waals surface area contributed by atoms with Crippen LogP contribution in [0.1, 0.15) is 5.56 Å². The first kappa shape index (κ1) is 18.5. The van der Waals surface area contributed by atoms with Gasteiger partial charge in [-0.2, -0.15) is 0 Å². The number of hydrogen-bond donors (Lipinski definition) is 1. The van der Waals surface area contributed by atoms with Gasteiger partial charge in [0.15, 0.2) is 11.5 Å². The Morgan fingerprint density at radius 1 is 1.19 bits per heavy atom. The van der Waals surface area contributed by atoms with Gasteiger partial charge in [0.25, 0.3) is 5.69 Å². The summed E-state index contributed by atoms with van der Waals surface area (Å²) in [5.74, 6) is 0.568. The third-order valence-corrected chi connectivity index (χ3v) is 5.12. The molecule has 0 unspecified atom stereocenters. The molecule has 2 aromatic rings. The van der Waals surface area contributed by atoms with Crippen LogP contribution >= 0.6 is 15.9 Å². The third-order valence-electron chi connectivity index (χ3n) is 4.51. The molecular weight excluding hydrogens is 402 g/mol. The minimum atomic E-state index is -0.383. The highest BCUT2D eigenvalue weighted by molar-refractivity contribution is 9.10. The van der Waals surface area contributed by atoms with Gasteiger partial charge in [-0.15, -0.1) is 0 Å². The minimum absolute atomic E-state index is 0.110. The maximum absolute atomic E-state index is 10.8. The molecule has 26 heavy (non-hydrogen) atoms. The lowest BCUT2D eigenvalue weighted by atomic mass is 10.1. The molecule has 8 heteroatoms. The van der Waals surface area contributed by atoms with Crippen LogP contribution in [0.4, 0.5) is 11.4 Å². The molecule has 0 spiro atoms. The average molecular weight is 422 g/mol. The van der Waals surface area contributed by atoms with Crippen molar-refractivity contribution in [1.82, 2.24) is 4.90 Å². The smallest absolute Gasteiger partial charge is 0.269 e. The fourth-order valence-corrected chi connectivity index (χ4v) is 3.57. The number of aromatic hydroxyl groups is 1. The highest BCUT2D eigenvalue weighted by atomic mass is 79.9. The zero-order valence-corrected chi connectivity index (χ0v) is 16.0. The molecule has 1 aliphatic rings. The molecule has 1 heterocycles. The van der Waals surface area contributed by atoms with Gasteiger partial charge in [-0.3, -0.25) is 15.0 Å². The Kier molecular flexibility index (Phi) is 5.63. The highest BCUT2D eigenvalue weighted by Crippen LogP contribution is 2.35. The standard InChI is InChI=1S/C18H20BrN3O4/c1-26-17-11-13(10-16(19)18(17)23)12-20-6-8-21(9-7-20)14-2-4-15(5-3-14)22(24)25/h2-5,10-11,23H,6-9,12H2,1H3. The van der Waals surface area contributed by atoms with Gasteiger partial charge in [0.1, 0.15) is 0 Å². The van der Waals surface area contributed by atoms with Crippen LogP contribution in [0.3, 0.4) is 0 Å². The van der Waals surface area contributed by atoms with Gasteiger partial charge >= 0.3 is 0 Å². The van der Waals surface area contributed by atoms with Crippen molar-refractivity contribution in [2.24, 2.45) is 0 Å². The summed E-state index contributed by atoms with van der Waals surface area (Å²) in [4.78, 5) is 14.9. The summed E-state index contributed by atoms with van der Waals surface area (Å²) >= 11 is 3.35. The number of hydrogen-bond acceptors (Lipinski definition) is 6. The van der Waals surface area contributed by atoms with E-state index in [-0.39, 0.29) is 16.4 Å². The molecule has 0 bridgehead atoms. The van der Waals surface area contributed by atoms with Crippen molar-refractivity contribution in [2.45, 2.75) is 6.54 Å². The summed E-state index contributed by atoms with van der Waals surface area (Å²) in [6, 6.07) is 10.4. The van der Waals surface area contributed by atoms with Gasteiger partial charge in [0.2, 0.25) is 0 Å². The van der Waals surface area contributed by atoms with E-state index in [1.165, 1.54) is 7.11 Å². The van der Waals surface area contributed by atoms with E-state index in [2.05, 4.69) is 25.7 Å². The highest BCUT2D eigenvalue weighted by Gasteiger charge is 2.19. The summed E-state index contributed by atoms with van der Waals surface area (Å²) in [5, 5.41) is 20.7. The van der Waals surface area contributed by atoms with Crippen LogP contribution in [-0.2, 0) is 6.54 Å². The Bertz CT molecular complexity index is 790. The first-order valence-corrected chi connectivity index (χ1v) is 9.04. The van der Waals surface area contributed by atoms with Gasteiger partial charge in [0, 0.05) is 50.5 Å². The number of benzene rings is 2. The number of non-ortho nitro benzene ring substituents is 1. The Morgan fingerprint density at radius 2 is 1.85 bits per heavy atom. The fraction of sp³-hybridized carbons (Fsp3) is 0.333. The molecule has 1 fully saturated rings. The van der Waals surface area contributed by atoms with Crippen LogP contribution in [0.5, 0.6) is 11.5 Å². The largest absolute Gasteiger partial charge is 0.503 e. The second-order valence-corrected chi connectivity index (χ2v) is 7.02. The Hall–Kier alpha value is -2.32. The second-order valence-electron chi connectivity index (χ2n) is 6.17. The number of halogens is 1. The number of rotatable bonds is 5. The van der Waals surface area contributed by atoms with Crippen molar-refractivity contribution in [2.75, 3.05) is 38.2 Å². The zero-order valence-electron chi connectivity index (χ0n) is 14.4. The number of piperazine rings is 1. The summed E-state index contributed by atoms with van der Waals surface area (Å²) in [7, 11) is 1.54. The van der Waals surface area contributed by atoms with Gasteiger partial charge in [-0.25, -0.2) is 0 Å². The molecule has 1 saturated heterocycles. The van der Waals surface area contributed by atoms with Gasteiger partial charge in [-0.1, -0.05) is 0 Å². The van der Waals surface area contributed by atoms with E-state index in [4.69, 9.17) is 4.74 Å². The zero-order chi connectivity index (χ0) is 18.7. The quantitative estimate of drug-likeness (QED) is 0.588. The number of phenolic OH excluding ortho intramolecular Hbond substituents is 1. The van der Waals surface area contributed by atoms with E-state index < -0.39 is 0 Å². The number of anilines is 1. The fourth-order valence-electron chi connectivity index (χ4n) is 3.08. The molecule has 3 rings (SSSR count). The molecule has 138 valence electrons. The van der Waals surface area contributed by atoms with Crippen LogP contribution in [-0.4, -0.2) is 48.2 Å². The topological polar surface area (TPSA) is 79.1 Å². The summed E-state index contributed by atoms with van der Waals surface area (Å²) in [5.41, 5.74) is 2.18. The van der Waals surface area contributed by atoms with Crippen LogP contribution in [0, 0.1) is 10.1 Å². The Labute approximate surface area is 160 Å². The molecule has 0 atom stereocenters. The van der Waals surface area contributed by atoms with Crippen LogP contribution in [0.25, 0.3) is 0 Å². The molecule has 2 aromatic carbocycles. The van der Waals surface area contributed by atoms with Crippen LogP contribution < -0.4 is 9.64 Å². The molecule has 1 aliphatic heterocycles. The number of phenols is 1. The van der Waals surface area contributed by atoms with Crippen molar-refractivity contribution in [3.63, 3.8) is 0 Å². The minimum Gasteiger partial charge on any atom is -0.503 e. The number of nitrogens with zero attached hydrogens (tertiary/aromatic N) is 3. The number of nitro benzene ring substituents is 1. The number of nitro groups is 1. The van der Waals surface area contributed by atoms with Crippen molar-refractivity contribution in [3.8, 4) is 11.5 Å². The summed E-state index contributed by atoms with van der Waals surface area (Å²) < 4.78 is 5.82. The van der Waals surface area contributed by atoms with E-state index in [1.54, 1.807) is 24.3 Å². The molecule has 0 saturated carbocycles. The van der Waals surface area contributed by atoms with Gasteiger partial charge in [-0.05, 0) is 45.8 Å². The lowest BCUT2D eigenvalue weighted by Crippen LogP contribution is -2.45. The van der Waals surface area contributed by atoms with Crippen LogP contribution in [0.15, 0.2) is 40.9 Å². The van der Waals surface area contributed by atoms with E-state index >= 15 is 0 Å². The van der Waals surface area contributed by atoms with E-state index in [9.17, 15) is 15.2 Å². The maximum atomic E-state index is 10.8. The van der Waals surface area contributed by atoms with Crippen LogP contribution in [0.2, 0.25) is 0 Å². The molecule has 1 N–H and O–H groups in total. The lowest BCUT2D eigenvalue weighted by Gasteiger charge is -2.36. The third kappa shape index (κ3) is 4.08. The van der Waals surface area contributed by atoms with Gasteiger partial charge in [0.05, 0.1) is 16.5 Å². The number of ether oxygens (including phenoxy) is 1. The molecular formula is C18H20BrN3O4. The Balaban J connectivity index is 1.60. The first-order valence-electron chi connectivity index (χ1n) is 8.25. The molecule has 0 radical (unpaired) electrons. The number of methoxy groups -OCH3 is 1. The molecule has 0 aromatic heterocycles. The SMILES string of the molecule is COc1cc(CN2CCN(c3ccc([N+](=O)[O-])cc3)CC2)cc(Br)c1O. The lowest BCUT2D eigenvalue weighted by molar-refractivity contribution is -0.384. The first-order chi connectivity index (χ1) is 12.5. The summed E-state index contributed by atoms with van der Waals surface area (Å²) in [6.07, 6.45) is 0. The van der Waals surface area contributed by atoms with Crippen molar-refractivity contribution >= 4 is 27.3 Å². The summed E-state index contributed by atoms with van der Waals surface area (Å²) in [6.45, 7) is 4.25. The van der Waals surface area contributed by atoms with Crippen molar-refractivity contribution in [1.29, 1.82) is 0 Å². The monoisotopic (exact) mass is 421 g/mol. The normalized spacial score (nSPS) is 15.1. The Morgan fingerprint density at radius 3 is 2.42 bits per heavy atom. The predicted octanol–water partition coefficient (Wildman–Crippen LogP) is 3.39. The van der Waals surface area contributed by atoms with E-state index in [0.717, 1.165) is 44.0 Å². The molecule has 0 amide bonds. The predicted molar refractivity (Wildman–Crippen MR) is 103 cm³/mol. The van der Waals surface area contributed by atoms with E-state index in [0.29, 0.717) is 10.2 Å².